The molecule has 0 bridgehead atoms. The van der Waals surface area contributed by atoms with Crippen LogP contribution in [0.25, 0.3) is 11.0 Å². The molecular formula is C26H22Cl2F3N3O3S. The number of hydrogen-bond acceptors (Lipinski definition) is 5. The van der Waals surface area contributed by atoms with Crippen molar-refractivity contribution in [2.75, 3.05) is 0 Å². The van der Waals surface area contributed by atoms with Crippen LogP contribution in [0, 0.1) is 6.92 Å². The van der Waals surface area contributed by atoms with Crippen molar-refractivity contribution in [3.63, 3.8) is 0 Å². The van der Waals surface area contributed by atoms with Crippen molar-refractivity contribution in [3.8, 4) is 0 Å². The Morgan fingerprint density at radius 3 is 2.37 bits per heavy atom. The number of benzene rings is 1. The minimum Gasteiger partial charge on any atom is -0.456 e. The molecule has 0 fully saturated rings. The minimum atomic E-state index is -4.71. The van der Waals surface area contributed by atoms with Crippen molar-refractivity contribution < 1.29 is 26.9 Å². The summed E-state index contributed by atoms with van der Waals surface area (Å²) in [5, 5.41) is 0.327. The molecule has 3 aromatic heterocycles. The number of esters is 1. The summed E-state index contributed by atoms with van der Waals surface area (Å²) in [6.45, 7) is 6.62. The number of carbonyl (C=O) groups is 1. The first kappa shape index (κ1) is 28.1. The van der Waals surface area contributed by atoms with Crippen molar-refractivity contribution in [1.29, 1.82) is 0 Å². The number of alkyl halides is 3. The van der Waals surface area contributed by atoms with Gasteiger partial charge in [0.2, 0.25) is 0 Å². The summed E-state index contributed by atoms with van der Waals surface area (Å²) in [7, 11) is -1.97. The SMILES string of the molecule is Cc1cc(C(F)(F)F)nc2c1cc(Cc1c(Cl)ncc(C(=O)OC(C)(C)C)c1Cl)n2S(=O)c1ccccc1. The van der Waals surface area contributed by atoms with Crippen molar-refractivity contribution >= 4 is 51.2 Å². The fourth-order valence-electron chi connectivity index (χ4n) is 3.77. The predicted molar refractivity (Wildman–Crippen MR) is 140 cm³/mol. The smallest absolute Gasteiger partial charge is 0.433 e. The van der Waals surface area contributed by atoms with Crippen LogP contribution in [0.4, 0.5) is 13.2 Å². The second-order valence-electron chi connectivity index (χ2n) is 9.49. The molecule has 0 radical (unpaired) electrons. The molecule has 0 saturated carbocycles. The van der Waals surface area contributed by atoms with Gasteiger partial charge in [0, 0.05) is 29.3 Å². The lowest BCUT2D eigenvalue weighted by atomic mass is 10.1. The average Bonchev–Trinajstić information content (AvgIpc) is 3.18. The van der Waals surface area contributed by atoms with Gasteiger partial charge in [-0.15, -0.1) is 0 Å². The number of fused-ring (bicyclic) bond motifs is 1. The predicted octanol–water partition coefficient (Wildman–Crippen LogP) is 7.18. The van der Waals surface area contributed by atoms with Crippen molar-refractivity contribution in [1.82, 2.24) is 13.9 Å². The molecule has 4 aromatic rings. The summed E-state index contributed by atoms with van der Waals surface area (Å²) in [6.07, 6.45) is -3.61. The molecule has 1 atom stereocenters. The molecule has 0 aliphatic carbocycles. The Labute approximate surface area is 229 Å². The summed E-state index contributed by atoms with van der Waals surface area (Å²) < 4.78 is 61.2. The standard InChI is InChI=1S/C26H22Cl2F3N3O3S/c1-14-10-20(26(29,30)31)33-23-17(14)11-15(34(23)38(36)16-8-6-5-7-9-16)12-18-21(27)19(13-32-22(18)28)24(35)37-25(2,3)4/h5-11,13H,12H2,1-4H3. The van der Waals surface area contributed by atoms with Gasteiger partial charge in [-0.05, 0) is 57.5 Å². The highest BCUT2D eigenvalue weighted by Crippen LogP contribution is 2.35. The van der Waals surface area contributed by atoms with Crippen LogP contribution in [-0.4, -0.2) is 29.7 Å². The zero-order valence-electron chi connectivity index (χ0n) is 20.7. The topological polar surface area (TPSA) is 74.1 Å². The molecular weight excluding hydrogens is 562 g/mol. The summed E-state index contributed by atoms with van der Waals surface area (Å²) in [4.78, 5) is 21.0. The van der Waals surface area contributed by atoms with Gasteiger partial charge in [-0.25, -0.2) is 22.9 Å². The molecule has 0 amide bonds. The normalized spacial score (nSPS) is 13.1. The van der Waals surface area contributed by atoms with Crippen LogP contribution in [0.15, 0.2) is 53.6 Å². The van der Waals surface area contributed by atoms with Gasteiger partial charge in [-0.1, -0.05) is 41.4 Å². The zero-order valence-corrected chi connectivity index (χ0v) is 23.0. The number of ether oxygens (including phenoxy) is 1. The van der Waals surface area contributed by atoms with Gasteiger partial charge in [0.1, 0.15) is 16.4 Å². The third-order valence-electron chi connectivity index (χ3n) is 5.44. The Bertz CT molecular complexity index is 1570. The van der Waals surface area contributed by atoms with Gasteiger partial charge in [-0.2, -0.15) is 13.2 Å². The lowest BCUT2D eigenvalue weighted by Gasteiger charge is -2.20. The van der Waals surface area contributed by atoms with Crippen LogP contribution in [0.2, 0.25) is 10.2 Å². The van der Waals surface area contributed by atoms with Gasteiger partial charge in [-0.3, -0.25) is 0 Å². The average molecular weight is 584 g/mol. The molecule has 0 spiro atoms. The molecule has 0 N–H and O–H groups in total. The van der Waals surface area contributed by atoms with Gasteiger partial charge in [0.25, 0.3) is 0 Å². The summed E-state index contributed by atoms with van der Waals surface area (Å²) in [5.74, 6) is -0.714. The van der Waals surface area contributed by atoms with Gasteiger partial charge in [0.05, 0.1) is 15.5 Å². The molecule has 200 valence electrons. The van der Waals surface area contributed by atoms with Crippen LogP contribution >= 0.6 is 23.2 Å². The van der Waals surface area contributed by atoms with Crippen LogP contribution < -0.4 is 0 Å². The Morgan fingerprint density at radius 2 is 1.76 bits per heavy atom. The third-order valence-corrected chi connectivity index (χ3v) is 7.62. The molecule has 1 aromatic carbocycles. The number of rotatable bonds is 5. The highest BCUT2D eigenvalue weighted by Gasteiger charge is 2.34. The van der Waals surface area contributed by atoms with Crippen LogP contribution in [0.1, 0.15) is 53.6 Å². The summed E-state index contributed by atoms with van der Waals surface area (Å²) in [5.41, 5.74) is -1.21. The number of aryl methyl sites for hydroxylation is 1. The number of pyridine rings is 2. The van der Waals surface area contributed by atoms with Crippen LogP contribution in [0.5, 0.6) is 0 Å². The zero-order chi connectivity index (χ0) is 28.0. The fourth-order valence-corrected chi connectivity index (χ4v) is 5.54. The first-order chi connectivity index (χ1) is 17.7. The monoisotopic (exact) mass is 583 g/mol. The van der Waals surface area contributed by atoms with E-state index < -0.39 is 34.4 Å². The quantitative estimate of drug-likeness (QED) is 0.184. The highest BCUT2D eigenvalue weighted by atomic mass is 35.5. The van der Waals surface area contributed by atoms with E-state index in [1.165, 1.54) is 17.1 Å². The third kappa shape index (κ3) is 5.72. The second kappa shape index (κ2) is 10.3. The molecule has 4 rings (SSSR count). The lowest BCUT2D eigenvalue weighted by Crippen LogP contribution is -2.24. The van der Waals surface area contributed by atoms with Crippen LogP contribution in [0.3, 0.4) is 0 Å². The number of halogens is 5. The van der Waals surface area contributed by atoms with E-state index in [1.54, 1.807) is 57.2 Å². The number of aromatic nitrogens is 3. The van der Waals surface area contributed by atoms with E-state index in [0.717, 1.165) is 6.07 Å². The lowest BCUT2D eigenvalue weighted by molar-refractivity contribution is -0.141. The summed E-state index contributed by atoms with van der Waals surface area (Å²) in [6, 6.07) is 10.8. The molecule has 0 saturated heterocycles. The number of nitrogens with zero attached hydrogens (tertiary/aromatic N) is 3. The van der Waals surface area contributed by atoms with E-state index in [1.807, 2.05) is 0 Å². The summed E-state index contributed by atoms with van der Waals surface area (Å²) >= 11 is 12.9. The van der Waals surface area contributed by atoms with Gasteiger partial charge >= 0.3 is 12.1 Å². The fraction of sp³-hybridized carbons (Fsp3) is 0.269. The van der Waals surface area contributed by atoms with E-state index >= 15 is 0 Å². The van der Waals surface area contributed by atoms with Gasteiger partial charge in [0.15, 0.2) is 16.6 Å². The Balaban J connectivity index is 1.92. The van der Waals surface area contributed by atoms with Crippen LogP contribution in [-0.2, 0) is 28.3 Å². The van der Waals surface area contributed by atoms with Crippen molar-refractivity contribution in [2.24, 2.45) is 0 Å². The molecule has 0 aliphatic rings. The number of hydrogen-bond donors (Lipinski definition) is 0. The molecule has 6 nitrogen and oxygen atoms in total. The molecule has 3 heterocycles. The Hall–Kier alpha value is -2.95. The minimum absolute atomic E-state index is 0.0229. The van der Waals surface area contributed by atoms with E-state index in [9.17, 15) is 22.2 Å². The van der Waals surface area contributed by atoms with E-state index in [0.29, 0.717) is 21.5 Å². The van der Waals surface area contributed by atoms with Gasteiger partial charge < -0.3 is 4.74 Å². The van der Waals surface area contributed by atoms with E-state index in [4.69, 9.17) is 27.9 Å². The van der Waals surface area contributed by atoms with Crippen molar-refractivity contribution in [2.45, 2.75) is 50.8 Å². The maximum atomic E-state index is 13.7. The van der Waals surface area contributed by atoms with Crippen molar-refractivity contribution in [3.05, 3.63) is 86.9 Å². The maximum Gasteiger partial charge on any atom is 0.433 e. The van der Waals surface area contributed by atoms with E-state index in [2.05, 4.69) is 9.97 Å². The Morgan fingerprint density at radius 1 is 1.11 bits per heavy atom. The first-order valence-electron chi connectivity index (χ1n) is 11.3. The van der Waals surface area contributed by atoms with E-state index in [-0.39, 0.29) is 33.4 Å². The molecule has 0 aliphatic heterocycles. The second-order valence-corrected chi connectivity index (χ2v) is 11.6. The maximum absolute atomic E-state index is 13.7. The number of carbonyl (C=O) groups excluding carboxylic acids is 1. The molecule has 12 heteroatoms. The largest absolute Gasteiger partial charge is 0.456 e. The first-order valence-corrected chi connectivity index (χ1v) is 13.2. The Kier molecular flexibility index (Phi) is 7.62. The highest BCUT2D eigenvalue weighted by molar-refractivity contribution is 7.83. The molecule has 1 unspecified atom stereocenters. The molecule has 38 heavy (non-hydrogen) atoms.